The number of amides is 5. The van der Waals surface area contributed by atoms with E-state index in [-0.39, 0.29) is 70.2 Å². The maximum Gasteiger partial charge on any atom is 0.326 e. The highest BCUT2D eigenvalue weighted by Crippen LogP contribution is 2.14. The second-order valence-corrected chi connectivity index (χ2v) is 15.0. The standard InChI is InChI=1S/C41H71N5O13/c1-2-3-28-42-33(47)25-23-31(40(56)57)46-37(51)27-24-32(41(58)59)45-36(50)20-18-29-43-34(48)26-22-30(39(54)55)44-35(49)19-16-14-12-10-8-6-4-5-7-9-11-13-15-17-21-38(52)53/h30-32H,2-29H2,1H3,(H,42,47)(H,43,48)(H,44,49)(H,45,50)(H,46,51)(H,52,53)(H,54,55)(H,56,57)(H,58,59)/t30-,31-,32-/m0/s1. The number of carboxylic acids is 4. The summed E-state index contributed by atoms with van der Waals surface area (Å²) in [6, 6.07) is -4.02. The molecule has 0 aromatic rings. The molecule has 59 heavy (non-hydrogen) atoms. The summed E-state index contributed by atoms with van der Waals surface area (Å²) in [5.41, 5.74) is 0. The van der Waals surface area contributed by atoms with Crippen molar-refractivity contribution >= 4 is 53.4 Å². The molecule has 0 aliphatic heterocycles. The quantitative estimate of drug-likeness (QED) is 0.0393. The van der Waals surface area contributed by atoms with Crippen molar-refractivity contribution in [2.45, 2.75) is 192 Å². The van der Waals surface area contributed by atoms with Crippen LogP contribution in [0.25, 0.3) is 0 Å². The predicted molar refractivity (Wildman–Crippen MR) is 218 cm³/mol. The fourth-order valence-corrected chi connectivity index (χ4v) is 6.14. The molecule has 338 valence electrons. The number of carboxylic acid groups (broad SMARTS) is 4. The Balaban J connectivity index is 4.21. The molecule has 0 radical (unpaired) electrons. The summed E-state index contributed by atoms with van der Waals surface area (Å²) in [5, 5.41) is 49.4. The summed E-state index contributed by atoms with van der Waals surface area (Å²) in [6.45, 7) is 2.46. The molecule has 0 saturated carbocycles. The van der Waals surface area contributed by atoms with Crippen molar-refractivity contribution in [3.8, 4) is 0 Å². The molecule has 0 aromatic heterocycles. The number of unbranched alkanes of at least 4 members (excludes halogenated alkanes) is 14. The third-order valence-electron chi connectivity index (χ3n) is 9.68. The lowest BCUT2D eigenvalue weighted by Crippen LogP contribution is -2.44. The zero-order chi connectivity index (χ0) is 44.3. The Morgan fingerprint density at radius 1 is 0.356 bits per heavy atom. The number of carbonyl (C=O) groups excluding carboxylic acids is 5. The Kier molecular flexibility index (Phi) is 32.4. The van der Waals surface area contributed by atoms with Crippen LogP contribution in [0.5, 0.6) is 0 Å². The number of aliphatic carboxylic acids is 4. The lowest BCUT2D eigenvalue weighted by Gasteiger charge is -2.17. The minimum Gasteiger partial charge on any atom is -0.481 e. The van der Waals surface area contributed by atoms with Crippen molar-refractivity contribution in [3.63, 3.8) is 0 Å². The van der Waals surface area contributed by atoms with E-state index in [9.17, 15) is 58.5 Å². The molecule has 18 heteroatoms. The normalized spacial score (nSPS) is 12.4. The van der Waals surface area contributed by atoms with Crippen LogP contribution < -0.4 is 26.6 Å². The summed E-state index contributed by atoms with van der Waals surface area (Å²) >= 11 is 0. The van der Waals surface area contributed by atoms with Crippen molar-refractivity contribution in [2.75, 3.05) is 13.1 Å². The summed E-state index contributed by atoms with van der Waals surface area (Å²) < 4.78 is 0. The minimum atomic E-state index is -1.43. The molecule has 0 aromatic carbocycles. The smallest absolute Gasteiger partial charge is 0.326 e. The zero-order valence-electron chi connectivity index (χ0n) is 35.0. The Bertz CT molecular complexity index is 1300. The molecular formula is C41H71N5O13. The van der Waals surface area contributed by atoms with Gasteiger partial charge in [-0.25, -0.2) is 14.4 Å². The molecule has 0 fully saturated rings. The van der Waals surface area contributed by atoms with Crippen LogP contribution >= 0.6 is 0 Å². The number of hydrogen-bond acceptors (Lipinski definition) is 9. The Labute approximate surface area is 348 Å². The number of hydrogen-bond donors (Lipinski definition) is 9. The molecule has 0 unspecified atom stereocenters. The molecule has 0 rings (SSSR count). The Morgan fingerprint density at radius 3 is 0.983 bits per heavy atom. The van der Waals surface area contributed by atoms with Crippen molar-refractivity contribution in [1.82, 2.24) is 26.6 Å². The minimum absolute atomic E-state index is 0.0442. The lowest BCUT2D eigenvalue weighted by molar-refractivity contribution is -0.143. The van der Waals surface area contributed by atoms with Gasteiger partial charge < -0.3 is 47.0 Å². The SMILES string of the molecule is CCCCNC(=O)CC[C@H](NC(=O)CC[C@H](NC(=O)CCCNC(=O)CC[C@H](NC(=O)CCCCCCCCCCCCCCCCC(=O)O)C(=O)O)C(=O)O)C(=O)O. The van der Waals surface area contributed by atoms with Gasteiger partial charge in [0.05, 0.1) is 0 Å². The van der Waals surface area contributed by atoms with Crippen molar-refractivity contribution < 1.29 is 63.6 Å². The van der Waals surface area contributed by atoms with Gasteiger partial charge >= 0.3 is 23.9 Å². The molecule has 0 aliphatic rings. The van der Waals surface area contributed by atoms with E-state index in [1.165, 1.54) is 32.1 Å². The first-order valence-corrected chi connectivity index (χ1v) is 21.5. The fraction of sp³-hybridized carbons (Fsp3) is 0.780. The monoisotopic (exact) mass is 842 g/mol. The molecule has 0 aliphatic carbocycles. The van der Waals surface area contributed by atoms with E-state index < -0.39 is 72.1 Å². The zero-order valence-corrected chi connectivity index (χ0v) is 35.0. The maximum atomic E-state index is 12.4. The fourth-order valence-electron chi connectivity index (χ4n) is 6.14. The molecular weight excluding hydrogens is 770 g/mol. The van der Waals surface area contributed by atoms with Crippen LogP contribution in [0.3, 0.4) is 0 Å². The lowest BCUT2D eigenvalue weighted by atomic mass is 10.0. The van der Waals surface area contributed by atoms with Crippen molar-refractivity contribution in [3.05, 3.63) is 0 Å². The van der Waals surface area contributed by atoms with Crippen LogP contribution in [0.1, 0.15) is 174 Å². The van der Waals surface area contributed by atoms with Crippen molar-refractivity contribution in [1.29, 1.82) is 0 Å². The van der Waals surface area contributed by atoms with Crippen LogP contribution in [-0.2, 0) is 43.2 Å². The van der Waals surface area contributed by atoms with Gasteiger partial charge in [-0.15, -0.1) is 0 Å². The molecule has 0 spiro atoms. The van der Waals surface area contributed by atoms with Crippen LogP contribution in [0.4, 0.5) is 0 Å². The second kappa shape index (κ2) is 35.2. The Morgan fingerprint density at radius 2 is 0.644 bits per heavy atom. The van der Waals surface area contributed by atoms with Crippen LogP contribution in [-0.4, -0.2) is 105 Å². The van der Waals surface area contributed by atoms with E-state index in [4.69, 9.17) is 5.11 Å². The van der Waals surface area contributed by atoms with Gasteiger partial charge in [-0.05, 0) is 44.9 Å². The highest BCUT2D eigenvalue weighted by Gasteiger charge is 2.25. The molecule has 18 nitrogen and oxygen atoms in total. The molecule has 0 saturated heterocycles. The molecule has 5 amide bonds. The summed E-state index contributed by atoms with van der Waals surface area (Å²) in [6.07, 6.45) is 15.4. The van der Waals surface area contributed by atoms with Gasteiger partial charge in [-0.2, -0.15) is 0 Å². The van der Waals surface area contributed by atoms with E-state index in [1.807, 2.05) is 6.92 Å². The van der Waals surface area contributed by atoms with Crippen LogP contribution in [0, 0.1) is 0 Å². The van der Waals surface area contributed by atoms with Gasteiger partial charge in [-0.1, -0.05) is 90.4 Å². The first kappa shape index (κ1) is 54.2. The van der Waals surface area contributed by atoms with E-state index in [1.54, 1.807) is 0 Å². The van der Waals surface area contributed by atoms with Gasteiger partial charge in [0.25, 0.3) is 0 Å². The third kappa shape index (κ3) is 32.8. The molecule has 3 atom stereocenters. The van der Waals surface area contributed by atoms with Gasteiger partial charge in [0.15, 0.2) is 0 Å². The average Bonchev–Trinajstić information content (AvgIpc) is 3.17. The molecule has 9 N–H and O–H groups in total. The van der Waals surface area contributed by atoms with Crippen molar-refractivity contribution in [2.24, 2.45) is 0 Å². The third-order valence-corrected chi connectivity index (χ3v) is 9.68. The maximum absolute atomic E-state index is 12.4. The predicted octanol–water partition coefficient (Wildman–Crippen LogP) is 4.17. The van der Waals surface area contributed by atoms with E-state index in [0.29, 0.717) is 13.0 Å². The molecule has 0 bridgehead atoms. The number of rotatable bonds is 39. The summed E-state index contributed by atoms with van der Waals surface area (Å²) in [5.74, 6) is -7.37. The van der Waals surface area contributed by atoms with E-state index in [0.717, 1.165) is 64.2 Å². The summed E-state index contributed by atoms with van der Waals surface area (Å²) in [4.78, 5) is 107. The second-order valence-electron chi connectivity index (χ2n) is 15.0. The largest absolute Gasteiger partial charge is 0.481 e. The van der Waals surface area contributed by atoms with Gasteiger partial charge in [0.2, 0.25) is 29.5 Å². The molecule has 0 heterocycles. The van der Waals surface area contributed by atoms with Crippen LogP contribution in [0.2, 0.25) is 0 Å². The van der Waals surface area contributed by atoms with Gasteiger partial charge in [0.1, 0.15) is 18.1 Å². The summed E-state index contributed by atoms with van der Waals surface area (Å²) in [7, 11) is 0. The highest BCUT2D eigenvalue weighted by molar-refractivity contribution is 5.87. The number of nitrogens with one attached hydrogen (secondary N) is 5. The topological polar surface area (TPSA) is 295 Å². The Hall–Kier alpha value is -4.77. The van der Waals surface area contributed by atoms with Gasteiger partial charge in [-0.3, -0.25) is 28.8 Å². The van der Waals surface area contributed by atoms with E-state index in [2.05, 4.69) is 26.6 Å². The number of carbonyl (C=O) groups is 9. The first-order valence-electron chi connectivity index (χ1n) is 21.5. The first-order chi connectivity index (χ1) is 28.2. The van der Waals surface area contributed by atoms with Crippen LogP contribution in [0.15, 0.2) is 0 Å². The highest BCUT2D eigenvalue weighted by atomic mass is 16.4. The van der Waals surface area contributed by atoms with E-state index >= 15 is 0 Å². The average molecular weight is 842 g/mol. The van der Waals surface area contributed by atoms with Gasteiger partial charge in [0, 0.05) is 51.6 Å².